The van der Waals surface area contributed by atoms with Crippen LogP contribution in [-0.4, -0.2) is 30.5 Å². The van der Waals surface area contributed by atoms with Crippen LogP contribution < -0.4 is 20.1 Å². The van der Waals surface area contributed by atoms with Gasteiger partial charge in [-0.25, -0.2) is 0 Å². The normalized spacial score (nSPS) is 11.2. The molecule has 1 heterocycles. The molecule has 0 bridgehead atoms. The maximum absolute atomic E-state index is 13.2. The molecule has 3 N–H and O–H groups in total. The SMILES string of the molecule is CCOc1ccc(NC(=O)/C(=C/c2c[nH]c3ccc(OC)cc23)NC(=O)c2ccccc2)cc1. The molecule has 4 aromatic rings. The van der Waals surface area contributed by atoms with E-state index in [0.29, 0.717) is 29.4 Å². The van der Waals surface area contributed by atoms with Crippen molar-refractivity contribution in [1.82, 2.24) is 10.3 Å². The van der Waals surface area contributed by atoms with Crippen molar-refractivity contribution in [2.24, 2.45) is 0 Å². The van der Waals surface area contributed by atoms with Crippen molar-refractivity contribution in [3.05, 3.63) is 95.8 Å². The number of hydrogen-bond donors (Lipinski definition) is 3. The van der Waals surface area contributed by atoms with E-state index in [9.17, 15) is 9.59 Å². The highest BCUT2D eigenvalue weighted by molar-refractivity contribution is 6.11. The van der Waals surface area contributed by atoms with E-state index in [4.69, 9.17) is 9.47 Å². The van der Waals surface area contributed by atoms with Crippen molar-refractivity contribution >= 4 is 34.5 Å². The van der Waals surface area contributed by atoms with Crippen molar-refractivity contribution in [2.75, 3.05) is 19.0 Å². The number of anilines is 1. The monoisotopic (exact) mass is 455 g/mol. The number of fused-ring (bicyclic) bond motifs is 1. The van der Waals surface area contributed by atoms with Crippen LogP contribution in [0.2, 0.25) is 0 Å². The van der Waals surface area contributed by atoms with Crippen molar-refractivity contribution < 1.29 is 19.1 Å². The Hall–Kier alpha value is -4.52. The van der Waals surface area contributed by atoms with Crippen molar-refractivity contribution in [1.29, 1.82) is 0 Å². The summed E-state index contributed by atoms with van der Waals surface area (Å²) in [6.07, 6.45) is 3.42. The second-order valence-corrected chi connectivity index (χ2v) is 7.45. The lowest BCUT2D eigenvalue weighted by Crippen LogP contribution is -2.30. The van der Waals surface area contributed by atoms with Crippen LogP contribution in [0.4, 0.5) is 5.69 Å². The number of benzene rings is 3. The quantitative estimate of drug-likeness (QED) is 0.327. The summed E-state index contributed by atoms with van der Waals surface area (Å²) in [6, 6.07) is 21.4. The van der Waals surface area contributed by atoms with Crippen LogP contribution in [0.5, 0.6) is 11.5 Å². The van der Waals surface area contributed by atoms with Gasteiger partial charge < -0.3 is 25.1 Å². The predicted molar refractivity (Wildman–Crippen MR) is 133 cm³/mol. The summed E-state index contributed by atoms with van der Waals surface area (Å²) in [5.41, 5.74) is 2.75. The van der Waals surface area contributed by atoms with E-state index in [1.54, 1.807) is 67.9 Å². The zero-order valence-electron chi connectivity index (χ0n) is 18.9. The summed E-state index contributed by atoms with van der Waals surface area (Å²) < 4.78 is 10.8. The molecule has 2 amide bonds. The molecule has 0 spiro atoms. The Morgan fingerprint density at radius 3 is 2.41 bits per heavy atom. The van der Waals surface area contributed by atoms with E-state index >= 15 is 0 Å². The number of aromatic amines is 1. The number of ether oxygens (including phenoxy) is 2. The van der Waals surface area contributed by atoms with Crippen LogP contribution >= 0.6 is 0 Å². The van der Waals surface area contributed by atoms with E-state index < -0.39 is 5.91 Å². The highest BCUT2D eigenvalue weighted by Gasteiger charge is 2.16. The molecule has 7 heteroatoms. The summed E-state index contributed by atoms with van der Waals surface area (Å²) in [7, 11) is 1.60. The predicted octanol–water partition coefficient (Wildman–Crippen LogP) is 4.98. The van der Waals surface area contributed by atoms with Crippen molar-refractivity contribution in [2.45, 2.75) is 6.92 Å². The molecule has 34 heavy (non-hydrogen) atoms. The first-order valence-electron chi connectivity index (χ1n) is 10.8. The van der Waals surface area contributed by atoms with E-state index in [2.05, 4.69) is 15.6 Å². The topological polar surface area (TPSA) is 92.4 Å². The first-order valence-corrected chi connectivity index (χ1v) is 10.8. The molecule has 0 aliphatic heterocycles. The number of hydrogen-bond acceptors (Lipinski definition) is 4. The van der Waals surface area contributed by atoms with Gasteiger partial charge in [0.15, 0.2) is 0 Å². The number of carbonyl (C=O) groups is 2. The zero-order chi connectivity index (χ0) is 23.9. The lowest BCUT2D eigenvalue weighted by molar-refractivity contribution is -0.113. The number of aromatic nitrogens is 1. The summed E-state index contributed by atoms with van der Waals surface area (Å²) in [6.45, 7) is 2.46. The average Bonchev–Trinajstić information content (AvgIpc) is 3.27. The van der Waals surface area contributed by atoms with Crippen LogP contribution in [0.1, 0.15) is 22.8 Å². The van der Waals surface area contributed by atoms with Gasteiger partial charge in [-0.15, -0.1) is 0 Å². The van der Waals surface area contributed by atoms with Gasteiger partial charge in [-0.2, -0.15) is 0 Å². The second-order valence-electron chi connectivity index (χ2n) is 7.45. The van der Waals surface area contributed by atoms with Gasteiger partial charge in [0, 0.05) is 33.9 Å². The van der Waals surface area contributed by atoms with Crippen LogP contribution in [-0.2, 0) is 4.79 Å². The fourth-order valence-corrected chi connectivity index (χ4v) is 3.47. The van der Waals surface area contributed by atoms with Crippen LogP contribution in [0, 0.1) is 0 Å². The smallest absolute Gasteiger partial charge is 0.272 e. The van der Waals surface area contributed by atoms with Crippen LogP contribution in [0.25, 0.3) is 17.0 Å². The van der Waals surface area contributed by atoms with Crippen molar-refractivity contribution in [3.63, 3.8) is 0 Å². The molecule has 0 fully saturated rings. The van der Waals surface area contributed by atoms with E-state index in [1.807, 2.05) is 31.2 Å². The first-order chi connectivity index (χ1) is 16.6. The molecule has 0 aliphatic rings. The van der Waals surface area contributed by atoms with Gasteiger partial charge in [0.05, 0.1) is 13.7 Å². The number of methoxy groups -OCH3 is 1. The number of rotatable bonds is 8. The third kappa shape index (κ3) is 5.27. The molecule has 0 saturated carbocycles. The molecule has 0 saturated heterocycles. The van der Waals surface area contributed by atoms with Gasteiger partial charge in [0.25, 0.3) is 11.8 Å². The first kappa shape index (κ1) is 22.7. The Labute approximate surface area is 197 Å². The Morgan fingerprint density at radius 2 is 1.71 bits per heavy atom. The highest BCUT2D eigenvalue weighted by Crippen LogP contribution is 2.25. The largest absolute Gasteiger partial charge is 0.497 e. The molecular formula is C27H25N3O4. The second kappa shape index (κ2) is 10.4. The maximum atomic E-state index is 13.2. The van der Waals surface area contributed by atoms with Gasteiger partial charge >= 0.3 is 0 Å². The van der Waals surface area contributed by atoms with E-state index in [0.717, 1.165) is 16.5 Å². The molecule has 172 valence electrons. The number of carbonyl (C=O) groups excluding carboxylic acids is 2. The molecule has 0 atom stereocenters. The molecule has 4 rings (SSSR count). The lowest BCUT2D eigenvalue weighted by atomic mass is 10.1. The van der Waals surface area contributed by atoms with Gasteiger partial charge in [-0.05, 0) is 67.6 Å². The average molecular weight is 456 g/mol. The van der Waals surface area contributed by atoms with Gasteiger partial charge in [-0.3, -0.25) is 9.59 Å². The molecule has 1 aromatic heterocycles. The van der Waals surface area contributed by atoms with Gasteiger partial charge in [-0.1, -0.05) is 18.2 Å². The minimum absolute atomic E-state index is 0.103. The fourth-order valence-electron chi connectivity index (χ4n) is 3.47. The Bertz CT molecular complexity index is 1330. The Balaban J connectivity index is 1.66. The van der Waals surface area contributed by atoms with Gasteiger partial charge in [0.1, 0.15) is 17.2 Å². The van der Waals surface area contributed by atoms with E-state index in [1.165, 1.54) is 0 Å². The molecular weight excluding hydrogens is 430 g/mol. The zero-order valence-corrected chi connectivity index (χ0v) is 18.9. The van der Waals surface area contributed by atoms with Crippen molar-refractivity contribution in [3.8, 4) is 11.5 Å². The summed E-state index contributed by atoms with van der Waals surface area (Å²) in [4.78, 5) is 29.2. The molecule has 0 unspecified atom stereocenters. The third-order valence-electron chi connectivity index (χ3n) is 5.17. The summed E-state index contributed by atoms with van der Waals surface area (Å²) in [5, 5.41) is 6.46. The Kier molecular flexibility index (Phi) is 6.93. The third-order valence-corrected chi connectivity index (χ3v) is 5.17. The standard InChI is InChI=1S/C27H25N3O4/c1-3-34-21-11-9-20(10-12-21)29-27(32)25(30-26(31)18-7-5-4-6-8-18)15-19-17-28-24-14-13-22(33-2)16-23(19)24/h4-17,28H,3H2,1-2H3,(H,29,32)(H,30,31)/b25-15-. The number of nitrogens with one attached hydrogen (secondary N) is 3. The maximum Gasteiger partial charge on any atom is 0.272 e. The van der Waals surface area contributed by atoms with Gasteiger partial charge in [0.2, 0.25) is 0 Å². The highest BCUT2D eigenvalue weighted by atomic mass is 16.5. The summed E-state index contributed by atoms with van der Waals surface area (Å²) in [5.74, 6) is 0.564. The number of amides is 2. The summed E-state index contributed by atoms with van der Waals surface area (Å²) >= 11 is 0. The molecule has 0 aliphatic carbocycles. The molecule has 0 radical (unpaired) electrons. The number of H-pyrrole nitrogens is 1. The minimum Gasteiger partial charge on any atom is -0.497 e. The van der Waals surface area contributed by atoms with Crippen LogP contribution in [0.3, 0.4) is 0 Å². The molecule has 3 aromatic carbocycles. The fraction of sp³-hybridized carbons (Fsp3) is 0.111. The Morgan fingerprint density at radius 1 is 0.971 bits per heavy atom. The van der Waals surface area contributed by atoms with E-state index in [-0.39, 0.29) is 11.6 Å². The van der Waals surface area contributed by atoms with Crippen LogP contribution in [0.15, 0.2) is 84.7 Å². The lowest BCUT2D eigenvalue weighted by Gasteiger charge is -2.12. The molecule has 7 nitrogen and oxygen atoms in total. The minimum atomic E-state index is -0.453.